The molecule has 1 aliphatic rings. The van der Waals surface area contributed by atoms with E-state index in [0.717, 1.165) is 34.2 Å². The highest BCUT2D eigenvalue weighted by molar-refractivity contribution is 9.10. The Hall–Kier alpha value is -3.26. The number of rotatable bonds is 8. The summed E-state index contributed by atoms with van der Waals surface area (Å²) in [6.45, 7) is 2.50. The van der Waals surface area contributed by atoms with Crippen LogP contribution in [0.5, 0.6) is 0 Å². The van der Waals surface area contributed by atoms with E-state index in [1.165, 1.54) is 37.7 Å². The number of nitrogens with zero attached hydrogens (tertiary/aromatic N) is 6. The van der Waals surface area contributed by atoms with E-state index in [2.05, 4.69) is 59.9 Å². The van der Waals surface area contributed by atoms with Crippen molar-refractivity contribution in [1.82, 2.24) is 24.9 Å². The average molecular weight is 584 g/mol. The summed E-state index contributed by atoms with van der Waals surface area (Å²) < 4.78 is 16.3. The molecule has 8 nitrogen and oxygen atoms in total. The molecule has 1 atom stereocenters. The fourth-order valence-electron chi connectivity index (χ4n) is 4.65. The largest absolute Gasteiger partial charge is 0.379 e. The Morgan fingerprint density at radius 2 is 2.14 bits per heavy atom. The minimum absolute atomic E-state index is 0.00582. The molecule has 3 heterocycles. The number of nitriles is 1. The maximum atomic E-state index is 13.6. The van der Waals surface area contributed by atoms with Crippen LogP contribution in [0.4, 0.5) is 21.5 Å². The van der Waals surface area contributed by atoms with Gasteiger partial charge in [0.05, 0.1) is 34.5 Å². The van der Waals surface area contributed by atoms with Gasteiger partial charge in [-0.25, -0.2) is 4.39 Å². The van der Waals surface area contributed by atoms with E-state index < -0.39 is 5.82 Å². The van der Waals surface area contributed by atoms with Crippen molar-refractivity contribution < 1.29 is 4.39 Å². The molecule has 1 saturated heterocycles. The van der Waals surface area contributed by atoms with Crippen molar-refractivity contribution in [1.29, 1.82) is 5.26 Å². The number of aryl methyl sites for hydroxylation is 1. The lowest BCUT2D eigenvalue weighted by atomic mass is 10.1. The first-order chi connectivity index (χ1) is 17.9. The molecule has 190 valence electrons. The summed E-state index contributed by atoms with van der Waals surface area (Å²) in [5.74, 6) is -0.510. The zero-order valence-corrected chi connectivity index (χ0v) is 22.5. The van der Waals surface area contributed by atoms with Gasteiger partial charge < -0.3 is 15.5 Å². The predicted octanol–water partition coefficient (Wildman–Crippen LogP) is 6.09. The maximum absolute atomic E-state index is 13.6. The van der Waals surface area contributed by atoms with Gasteiger partial charge in [-0.15, -0.1) is 5.10 Å². The summed E-state index contributed by atoms with van der Waals surface area (Å²) in [5.41, 5.74) is 3.81. The lowest BCUT2D eigenvalue weighted by Gasteiger charge is -2.18. The van der Waals surface area contributed by atoms with E-state index in [1.807, 2.05) is 23.0 Å². The van der Waals surface area contributed by atoms with Crippen LogP contribution < -0.4 is 10.6 Å². The number of likely N-dealkylation sites (tertiary alicyclic amines) is 1. The molecule has 0 saturated carbocycles. The van der Waals surface area contributed by atoms with Gasteiger partial charge in [-0.1, -0.05) is 16.8 Å². The molecule has 0 radical (unpaired) electrons. The van der Waals surface area contributed by atoms with Crippen LogP contribution in [-0.2, 0) is 13.1 Å². The van der Waals surface area contributed by atoms with Crippen LogP contribution in [0.1, 0.15) is 30.5 Å². The van der Waals surface area contributed by atoms with Gasteiger partial charge in [-0.3, -0.25) is 9.67 Å². The third-order valence-electron chi connectivity index (χ3n) is 6.66. The second kappa shape index (κ2) is 11.0. The van der Waals surface area contributed by atoms with Gasteiger partial charge in [-0.2, -0.15) is 5.26 Å². The number of hydrogen-bond donors (Lipinski definition) is 2. The molecule has 11 heteroatoms. The molecule has 0 amide bonds. The maximum Gasteiger partial charge on any atom is 0.141 e. The molecule has 5 rings (SSSR count). The van der Waals surface area contributed by atoms with Crippen molar-refractivity contribution in [3.8, 4) is 6.07 Å². The summed E-state index contributed by atoms with van der Waals surface area (Å²) in [7, 11) is 2.18. The van der Waals surface area contributed by atoms with Gasteiger partial charge in [0, 0.05) is 40.0 Å². The van der Waals surface area contributed by atoms with Gasteiger partial charge in [-0.05, 0) is 79.1 Å². The molecule has 2 aromatic heterocycles. The van der Waals surface area contributed by atoms with E-state index >= 15 is 0 Å². The summed E-state index contributed by atoms with van der Waals surface area (Å²) in [5, 5.41) is 25.6. The van der Waals surface area contributed by atoms with Crippen LogP contribution in [0, 0.1) is 17.1 Å². The molecule has 0 unspecified atom stereocenters. The fraction of sp³-hybridized carbons (Fsp3) is 0.308. The number of benzene rings is 2. The number of anilines is 3. The van der Waals surface area contributed by atoms with Crippen LogP contribution in [0.15, 0.2) is 47.2 Å². The van der Waals surface area contributed by atoms with Crippen molar-refractivity contribution in [3.63, 3.8) is 0 Å². The quantitative estimate of drug-likeness (QED) is 0.259. The van der Waals surface area contributed by atoms with Crippen molar-refractivity contribution in [2.24, 2.45) is 0 Å². The van der Waals surface area contributed by atoms with Gasteiger partial charge in [0.2, 0.25) is 0 Å². The van der Waals surface area contributed by atoms with Crippen molar-refractivity contribution in [2.45, 2.75) is 38.4 Å². The molecule has 0 spiro atoms. The lowest BCUT2D eigenvalue weighted by Crippen LogP contribution is -2.26. The Kier molecular flexibility index (Phi) is 7.55. The molecule has 0 aliphatic carbocycles. The average Bonchev–Trinajstić information content (AvgIpc) is 3.52. The lowest BCUT2D eigenvalue weighted by molar-refractivity contribution is 0.282. The second-order valence-corrected chi connectivity index (χ2v) is 10.4. The Labute approximate surface area is 227 Å². The SMILES string of the molecule is CN1CCC[C@H]1CCn1cc(CNc2cc(Br)c3ncc(C#N)c(Nc4ccc(F)c(Cl)c4)c3c2)nn1. The molecule has 4 aromatic rings. The molecular formula is C26H25BrClFN8. The number of halogens is 3. The highest BCUT2D eigenvalue weighted by atomic mass is 79.9. The fourth-order valence-corrected chi connectivity index (χ4v) is 5.39. The van der Waals surface area contributed by atoms with Crippen LogP contribution >= 0.6 is 27.5 Å². The van der Waals surface area contributed by atoms with E-state index in [9.17, 15) is 9.65 Å². The van der Waals surface area contributed by atoms with E-state index in [0.29, 0.717) is 35.0 Å². The summed E-state index contributed by atoms with van der Waals surface area (Å²) in [6.07, 6.45) is 7.04. The zero-order valence-electron chi connectivity index (χ0n) is 20.2. The Bertz CT molecular complexity index is 1480. The van der Waals surface area contributed by atoms with Gasteiger partial charge in [0.25, 0.3) is 0 Å². The molecule has 1 aliphatic heterocycles. The smallest absolute Gasteiger partial charge is 0.141 e. The highest BCUT2D eigenvalue weighted by Gasteiger charge is 2.20. The summed E-state index contributed by atoms with van der Waals surface area (Å²) >= 11 is 9.56. The molecule has 37 heavy (non-hydrogen) atoms. The van der Waals surface area contributed by atoms with Crippen molar-refractivity contribution in [3.05, 3.63) is 69.3 Å². The van der Waals surface area contributed by atoms with Gasteiger partial charge >= 0.3 is 0 Å². The first-order valence-electron chi connectivity index (χ1n) is 12.0. The number of nitrogens with one attached hydrogen (secondary N) is 2. The predicted molar refractivity (Wildman–Crippen MR) is 146 cm³/mol. The summed E-state index contributed by atoms with van der Waals surface area (Å²) in [6, 6.07) is 11.0. The Morgan fingerprint density at radius 1 is 1.27 bits per heavy atom. The first kappa shape index (κ1) is 25.4. The molecule has 2 N–H and O–H groups in total. The molecule has 1 fully saturated rings. The highest BCUT2D eigenvalue weighted by Crippen LogP contribution is 2.35. The standard InChI is InChI=1S/C26H25BrClFN8/c1-36-7-2-3-20(36)6-8-37-15-19(34-35-37)14-31-18-9-21-25(33-17-4-5-24(29)23(28)11-17)16(12-30)13-32-26(21)22(27)10-18/h4-5,9-11,13,15,20,31H,2-3,6-8,14H2,1H3,(H,32,33)/t20-/m0/s1. The second-order valence-electron chi connectivity index (χ2n) is 9.16. The van der Waals surface area contributed by atoms with E-state index in [4.69, 9.17) is 11.6 Å². The Morgan fingerprint density at radius 3 is 2.89 bits per heavy atom. The number of fused-ring (bicyclic) bond motifs is 1. The monoisotopic (exact) mass is 582 g/mol. The van der Waals surface area contributed by atoms with Crippen LogP contribution in [0.25, 0.3) is 10.9 Å². The van der Waals surface area contributed by atoms with Crippen molar-refractivity contribution in [2.75, 3.05) is 24.2 Å². The number of hydrogen-bond acceptors (Lipinski definition) is 7. The van der Waals surface area contributed by atoms with E-state index in [-0.39, 0.29) is 5.02 Å². The van der Waals surface area contributed by atoms with Crippen LogP contribution in [0.2, 0.25) is 5.02 Å². The zero-order chi connectivity index (χ0) is 25.9. The van der Waals surface area contributed by atoms with Gasteiger partial charge in [0.15, 0.2) is 0 Å². The van der Waals surface area contributed by atoms with E-state index in [1.54, 1.807) is 6.07 Å². The molecular weight excluding hydrogens is 559 g/mol. The van der Waals surface area contributed by atoms with Crippen LogP contribution in [0.3, 0.4) is 0 Å². The topological polar surface area (TPSA) is 94.7 Å². The van der Waals surface area contributed by atoms with Crippen LogP contribution in [-0.4, -0.2) is 44.5 Å². The van der Waals surface area contributed by atoms with Crippen molar-refractivity contribution >= 4 is 55.5 Å². The normalized spacial score (nSPS) is 15.7. The third kappa shape index (κ3) is 5.69. The Balaban J connectivity index is 1.35. The molecule has 2 aromatic carbocycles. The molecule has 0 bridgehead atoms. The minimum Gasteiger partial charge on any atom is -0.379 e. The third-order valence-corrected chi connectivity index (χ3v) is 7.55. The summed E-state index contributed by atoms with van der Waals surface area (Å²) in [4.78, 5) is 6.87. The van der Waals surface area contributed by atoms with Gasteiger partial charge in [0.1, 0.15) is 17.6 Å². The number of pyridine rings is 1. The number of aromatic nitrogens is 4. The minimum atomic E-state index is -0.510. The first-order valence-corrected chi connectivity index (χ1v) is 13.2.